The van der Waals surface area contributed by atoms with Gasteiger partial charge in [0.1, 0.15) is 0 Å². The van der Waals surface area contributed by atoms with Gasteiger partial charge in [-0.3, -0.25) is 4.79 Å². The number of carbonyl (C=O) groups excluding carboxylic acids is 1. The van der Waals surface area contributed by atoms with Crippen LogP contribution in [0.4, 0.5) is 4.39 Å². The van der Waals surface area contributed by atoms with Crippen LogP contribution in [0, 0.1) is 11.2 Å². The van der Waals surface area contributed by atoms with Gasteiger partial charge in [0.2, 0.25) is 0 Å². The molecule has 0 aliphatic rings. The third kappa shape index (κ3) is 2.55. The predicted molar refractivity (Wildman–Crippen MR) is 56.7 cm³/mol. The van der Waals surface area contributed by atoms with Crippen LogP contribution in [-0.2, 0) is 0 Å². The molecule has 1 aromatic rings. The smallest absolute Gasteiger partial charge is 0.168 e. The Labute approximate surface area is 89.1 Å². The van der Waals surface area contributed by atoms with E-state index in [4.69, 9.17) is 4.74 Å². The fourth-order valence-corrected chi connectivity index (χ4v) is 1.23. The monoisotopic (exact) mass is 210 g/mol. The van der Waals surface area contributed by atoms with Crippen molar-refractivity contribution in [3.05, 3.63) is 29.6 Å². The summed E-state index contributed by atoms with van der Waals surface area (Å²) < 4.78 is 17.9. The second kappa shape index (κ2) is 4.01. The predicted octanol–water partition coefficient (Wildman–Crippen LogP) is 3.06. The zero-order chi connectivity index (χ0) is 11.6. The molecule has 15 heavy (non-hydrogen) atoms. The zero-order valence-corrected chi connectivity index (χ0v) is 9.43. The Morgan fingerprint density at radius 1 is 1.33 bits per heavy atom. The van der Waals surface area contributed by atoms with Crippen molar-refractivity contribution in [1.29, 1.82) is 0 Å². The quantitative estimate of drug-likeness (QED) is 0.701. The van der Waals surface area contributed by atoms with Crippen LogP contribution in [0.3, 0.4) is 0 Å². The molecule has 1 rings (SSSR count). The Hall–Kier alpha value is -1.38. The molecule has 0 spiro atoms. The minimum Gasteiger partial charge on any atom is -0.494 e. The van der Waals surface area contributed by atoms with E-state index < -0.39 is 11.2 Å². The Morgan fingerprint density at radius 3 is 2.40 bits per heavy atom. The summed E-state index contributed by atoms with van der Waals surface area (Å²) in [5.74, 6) is -0.381. The highest BCUT2D eigenvalue weighted by atomic mass is 19.1. The maximum absolute atomic E-state index is 13.1. The molecule has 0 aliphatic carbocycles. The molecule has 0 amide bonds. The lowest BCUT2D eigenvalue weighted by atomic mass is 9.86. The number of carbonyl (C=O) groups is 1. The number of ketones is 1. The first-order valence-electron chi connectivity index (χ1n) is 4.74. The fourth-order valence-electron chi connectivity index (χ4n) is 1.23. The molecular formula is C12H15FO2. The maximum Gasteiger partial charge on any atom is 0.168 e. The van der Waals surface area contributed by atoms with E-state index in [2.05, 4.69) is 0 Å². The molecule has 1 aromatic carbocycles. The van der Waals surface area contributed by atoms with E-state index in [1.807, 2.05) is 20.8 Å². The van der Waals surface area contributed by atoms with Crippen LogP contribution in [0.1, 0.15) is 31.1 Å². The lowest BCUT2D eigenvalue weighted by Crippen LogP contribution is -2.20. The highest BCUT2D eigenvalue weighted by Gasteiger charge is 2.23. The van der Waals surface area contributed by atoms with Gasteiger partial charge in [-0.1, -0.05) is 20.8 Å². The minimum absolute atomic E-state index is 0.0270. The molecule has 3 heteroatoms. The number of rotatable bonds is 2. The van der Waals surface area contributed by atoms with Gasteiger partial charge in [0.05, 0.1) is 7.11 Å². The molecule has 0 bridgehead atoms. The van der Waals surface area contributed by atoms with Crippen molar-refractivity contribution in [1.82, 2.24) is 0 Å². The number of methoxy groups -OCH3 is 1. The molecule has 2 nitrogen and oxygen atoms in total. The molecule has 0 fully saturated rings. The molecule has 0 radical (unpaired) electrons. The highest BCUT2D eigenvalue weighted by molar-refractivity contribution is 6.00. The van der Waals surface area contributed by atoms with Gasteiger partial charge in [-0.25, -0.2) is 4.39 Å². The number of hydrogen-bond acceptors (Lipinski definition) is 2. The molecular weight excluding hydrogens is 195 g/mol. The van der Waals surface area contributed by atoms with Crippen molar-refractivity contribution in [2.75, 3.05) is 7.11 Å². The second-order valence-electron chi connectivity index (χ2n) is 4.43. The average molecular weight is 210 g/mol. The van der Waals surface area contributed by atoms with Crippen molar-refractivity contribution in [2.24, 2.45) is 5.41 Å². The normalized spacial score (nSPS) is 11.3. The van der Waals surface area contributed by atoms with Crippen LogP contribution < -0.4 is 4.74 Å². The van der Waals surface area contributed by atoms with Gasteiger partial charge in [0, 0.05) is 11.0 Å². The Kier molecular flexibility index (Phi) is 3.12. The number of benzene rings is 1. The second-order valence-corrected chi connectivity index (χ2v) is 4.43. The van der Waals surface area contributed by atoms with Crippen molar-refractivity contribution >= 4 is 5.78 Å². The molecule has 0 unspecified atom stereocenters. The van der Waals surface area contributed by atoms with Crippen LogP contribution in [0.5, 0.6) is 5.75 Å². The third-order valence-electron chi connectivity index (χ3n) is 2.09. The van der Waals surface area contributed by atoms with E-state index in [9.17, 15) is 9.18 Å². The summed E-state index contributed by atoms with van der Waals surface area (Å²) in [6, 6.07) is 4.16. The fraction of sp³-hybridized carbons (Fsp3) is 0.417. The Morgan fingerprint density at radius 2 is 1.93 bits per heavy atom. The van der Waals surface area contributed by atoms with Crippen LogP contribution >= 0.6 is 0 Å². The van der Waals surface area contributed by atoms with Crippen molar-refractivity contribution in [2.45, 2.75) is 20.8 Å². The molecule has 0 saturated carbocycles. The molecule has 82 valence electrons. The molecule has 0 heterocycles. The van der Waals surface area contributed by atoms with Crippen LogP contribution in [0.15, 0.2) is 18.2 Å². The molecule has 0 aromatic heterocycles. The Balaban J connectivity index is 3.12. The first-order chi connectivity index (χ1) is 6.86. The van der Waals surface area contributed by atoms with Gasteiger partial charge < -0.3 is 4.74 Å². The topological polar surface area (TPSA) is 26.3 Å². The molecule has 0 saturated heterocycles. The lowest BCUT2D eigenvalue weighted by Gasteiger charge is -2.16. The van der Waals surface area contributed by atoms with Crippen LogP contribution in [0.25, 0.3) is 0 Å². The summed E-state index contributed by atoms with van der Waals surface area (Å²) in [6.45, 7) is 5.47. The van der Waals surface area contributed by atoms with Crippen LogP contribution in [-0.4, -0.2) is 12.9 Å². The highest BCUT2D eigenvalue weighted by Crippen LogP contribution is 2.25. The van der Waals surface area contributed by atoms with Gasteiger partial charge in [-0.05, 0) is 18.2 Å². The minimum atomic E-state index is -0.469. The first-order valence-corrected chi connectivity index (χ1v) is 4.74. The van der Waals surface area contributed by atoms with Gasteiger partial charge in [-0.2, -0.15) is 0 Å². The SMILES string of the molecule is COc1cc(C(=O)C(C)(C)C)ccc1F. The van der Waals surface area contributed by atoms with Crippen LogP contribution in [0.2, 0.25) is 0 Å². The van der Waals surface area contributed by atoms with E-state index in [1.165, 1.54) is 25.3 Å². The number of halogens is 1. The third-order valence-corrected chi connectivity index (χ3v) is 2.09. The van der Waals surface area contributed by atoms with Gasteiger partial charge in [-0.15, -0.1) is 0 Å². The summed E-state index contributed by atoms with van der Waals surface area (Å²) in [6.07, 6.45) is 0. The standard InChI is InChI=1S/C12H15FO2/c1-12(2,3)11(14)8-5-6-9(13)10(7-8)15-4/h5-7H,1-4H3. The lowest BCUT2D eigenvalue weighted by molar-refractivity contribution is 0.0858. The van der Waals surface area contributed by atoms with E-state index in [-0.39, 0.29) is 11.5 Å². The molecule has 0 N–H and O–H groups in total. The van der Waals surface area contributed by atoms with E-state index in [0.29, 0.717) is 5.56 Å². The van der Waals surface area contributed by atoms with Crippen molar-refractivity contribution < 1.29 is 13.9 Å². The number of ether oxygens (including phenoxy) is 1. The first kappa shape index (κ1) is 11.7. The van der Waals surface area contributed by atoms with Gasteiger partial charge in [0.25, 0.3) is 0 Å². The van der Waals surface area contributed by atoms with Gasteiger partial charge >= 0.3 is 0 Å². The summed E-state index contributed by atoms with van der Waals surface area (Å²) in [5, 5.41) is 0. The molecule has 0 aliphatic heterocycles. The zero-order valence-electron chi connectivity index (χ0n) is 9.43. The maximum atomic E-state index is 13.1. The number of Topliss-reactive ketones (excluding diaryl/α,β-unsaturated/α-hetero) is 1. The molecule has 0 atom stereocenters. The Bertz CT molecular complexity index is 378. The summed E-state index contributed by atoms with van der Waals surface area (Å²) in [7, 11) is 1.38. The van der Waals surface area contributed by atoms with E-state index in [0.717, 1.165) is 0 Å². The summed E-state index contributed by atoms with van der Waals surface area (Å²) in [5.41, 5.74) is 0.00351. The largest absolute Gasteiger partial charge is 0.494 e. The van der Waals surface area contributed by atoms with E-state index >= 15 is 0 Å². The average Bonchev–Trinajstić information content (AvgIpc) is 2.16. The van der Waals surface area contributed by atoms with Crippen molar-refractivity contribution in [3.8, 4) is 5.75 Å². The summed E-state index contributed by atoms with van der Waals surface area (Å²) in [4.78, 5) is 11.9. The van der Waals surface area contributed by atoms with E-state index in [1.54, 1.807) is 0 Å². The summed E-state index contributed by atoms with van der Waals surface area (Å²) >= 11 is 0. The van der Waals surface area contributed by atoms with Gasteiger partial charge in [0.15, 0.2) is 17.3 Å². The van der Waals surface area contributed by atoms with Crippen molar-refractivity contribution in [3.63, 3.8) is 0 Å². The number of hydrogen-bond donors (Lipinski definition) is 0.